The number of phenolic OH excluding ortho intramolecular Hbond substituents is 1. The Bertz CT molecular complexity index is 754. The smallest absolute Gasteiger partial charge is 0.162 e. The second kappa shape index (κ2) is 6.20. The van der Waals surface area contributed by atoms with Crippen LogP contribution in [0.5, 0.6) is 5.75 Å². The van der Waals surface area contributed by atoms with Crippen molar-refractivity contribution in [2.24, 2.45) is 0 Å². The number of thioether (sulfide) groups is 1. The number of nitrogens with zero attached hydrogens (tertiary/aromatic N) is 1. The molecule has 1 heterocycles. The van der Waals surface area contributed by atoms with Gasteiger partial charge in [0.1, 0.15) is 12.4 Å². The summed E-state index contributed by atoms with van der Waals surface area (Å²) < 4.78 is 10.2. The lowest BCUT2D eigenvalue weighted by atomic mass is 10.1. The SMILES string of the molecule is COCc1cc(CSc2ccc(O)c3ccccc23)no1. The van der Waals surface area contributed by atoms with Crippen molar-refractivity contribution in [3.63, 3.8) is 0 Å². The van der Waals surface area contributed by atoms with Crippen LogP contribution in [0.15, 0.2) is 51.9 Å². The van der Waals surface area contributed by atoms with Crippen LogP contribution in [0.2, 0.25) is 0 Å². The fourth-order valence-corrected chi connectivity index (χ4v) is 3.10. The Morgan fingerprint density at radius 2 is 2.00 bits per heavy atom. The molecule has 0 radical (unpaired) electrons. The first-order chi connectivity index (χ1) is 10.3. The number of hydrogen-bond donors (Lipinski definition) is 1. The van der Waals surface area contributed by atoms with E-state index in [-0.39, 0.29) is 0 Å². The zero-order valence-electron chi connectivity index (χ0n) is 11.6. The molecule has 0 saturated carbocycles. The van der Waals surface area contributed by atoms with Gasteiger partial charge in [-0.05, 0) is 17.5 Å². The van der Waals surface area contributed by atoms with Crippen LogP contribution in [0.3, 0.4) is 0 Å². The van der Waals surface area contributed by atoms with Crippen molar-refractivity contribution in [1.29, 1.82) is 0 Å². The fraction of sp³-hybridized carbons (Fsp3) is 0.188. The summed E-state index contributed by atoms with van der Waals surface area (Å²) in [5, 5.41) is 15.8. The molecule has 0 atom stereocenters. The van der Waals surface area contributed by atoms with Crippen LogP contribution in [0.4, 0.5) is 0 Å². The number of aromatic nitrogens is 1. The van der Waals surface area contributed by atoms with Gasteiger partial charge in [0.25, 0.3) is 0 Å². The average molecular weight is 301 g/mol. The summed E-state index contributed by atoms with van der Waals surface area (Å²) in [6.45, 7) is 0.430. The van der Waals surface area contributed by atoms with Crippen LogP contribution in [0.1, 0.15) is 11.5 Å². The van der Waals surface area contributed by atoms with Gasteiger partial charge in [-0.3, -0.25) is 0 Å². The highest BCUT2D eigenvalue weighted by atomic mass is 32.2. The minimum absolute atomic E-state index is 0.304. The van der Waals surface area contributed by atoms with Gasteiger partial charge in [0.05, 0.1) is 5.69 Å². The predicted octanol–water partition coefficient (Wildman–Crippen LogP) is 3.97. The summed E-state index contributed by atoms with van der Waals surface area (Å²) in [4.78, 5) is 1.11. The Balaban J connectivity index is 1.80. The Kier molecular flexibility index (Phi) is 4.13. The van der Waals surface area contributed by atoms with Gasteiger partial charge in [-0.15, -0.1) is 11.8 Å². The topological polar surface area (TPSA) is 55.5 Å². The van der Waals surface area contributed by atoms with Gasteiger partial charge in [0, 0.05) is 29.2 Å². The van der Waals surface area contributed by atoms with Crippen molar-refractivity contribution in [2.75, 3.05) is 7.11 Å². The van der Waals surface area contributed by atoms with Crippen molar-refractivity contribution in [3.05, 3.63) is 53.9 Å². The number of phenols is 1. The molecule has 0 saturated heterocycles. The molecule has 0 aliphatic rings. The standard InChI is InChI=1S/C16H15NO3S/c1-19-9-12-8-11(17-20-12)10-21-16-7-6-15(18)13-4-2-3-5-14(13)16/h2-8,18H,9-10H2,1H3. The highest BCUT2D eigenvalue weighted by Crippen LogP contribution is 2.34. The quantitative estimate of drug-likeness (QED) is 0.723. The van der Waals surface area contributed by atoms with Crippen molar-refractivity contribution >= 4 is 22.5 Å². The van der Waals surface area contributed by atoms with E-state index in [4.69, 9.17) is 9.26 Å². The van der Waals surface area contributed by atoms with Crippen LogP contribution >= 0.6 is 11.8 Å². The molecule has 4 nitrogen and oxygen atoms in total. The molecule has 3 aromatic rings. The van der Waals surface area contributed by atoms with Gasteiger partial charge in [-0.1, -0.05) is 29.4 Å². The normalized spacial score (nSPS) is 11.1. The first-order valence-corrected chi connectivity index (χ1v) is 7.53. The molecule has 1 N–H and O–H groups in total. The van der Waals surface area contributed by atoms with Crippen LogP contribution < -0.4 is 0 Å². The summed E-state index contributed by atoms with van der Waals surface area (Å²) >= 11 is 1.67. The number of benzene rings is 2. The molecular weight excluding hydrogens is 286 g/mol. The Morgan fingerprint density at radius 3 is 2.81 bits per heavy atom. The fourth-order valence-electron chi connectivity index (χ4n) is 2.17. The van der Waals surface area contributed by atoms with Crippen molar-refractivity contribution in [2.45, 2.75) is 17.3 Å². The van der Waals surface area contributed by atoms with E-state index in [9.17, 15) is 5.11 Å². The lowest BCUT2D eigenvalue weighted by Gasteiger charge is -2.06. The molecule has 21 heavy (non-hydrogen) atoms. The van der Waals surface area contributed by atoms with Gasteiger partial charge in [-0.2, -0.15) is 0 Å². The molecule has 108 valence electrons. The summed E-state index contributed by atoms with van der Waals surface area (Å²) in [5.74, 6) is 1.74. The number of aromatic hydroxyl groups is 1. The third-order valence-electron chi connectivity index (χ3n) is 3.13. The van der Waals surface area contributed by atoms with E-state index >= 15 is 0 Å². The van der Waals surface area contributed by atoms with Gasteiger partial charge < -0.3 is 14.4 Å². The third kappa shape index (κ3) is 3.04. The van der Waals surface area contributed by atoms with Crippen molar-refractivity contribution < 1.29 is 14.4 Å². The zero-order chi connectivity index (χ0) is 14.7. The molecule has 0 amide bonds. The molecular formula is C16H15NO3S. The predicted molar refractivity (Wildman–Crippen MR) is 82.4 cm³/mol. The molecule has 0 fully saturated rings. The lowest BCUT2D eigenvalue weighted by molar-refractivity contribution is 0.156. The molecule has 1 aromatic heterocycles. The van der Waals surface area contributed by atoms with Gasteiger partial charge in [-0.25, -0.2) is 0 Å². The van der Waals surface area contributed by atoms with E-state index < -0.39 is 0 Å². The van der Waals surface area contributed by atoms with E-state index in [1.807, 2.05) is 36.4 Å². The highest BCUT2D eigenvalue weighted by Gasteiger charge is 2.08. The van der Waals surface area contributed by atoms with E-state index in [0.29, 0.717) is 18.1 Å². The maximum absolute atomic E-state index is 9.89. The first kappa shape index (κ1) is 14.0. The number of fused-ring (bicyclic) bond motifs is 1. The maximum atomic E-state index is 9.89. The summed E-state index contributed by atoms with van der Waals surface area (Å²) in [6.07, 6.45) is 0. The van der Waals surface area contributed by atoms with Gasteiger partial charge in [0.2, 0.25) is 0 Å². The van der Waals surface area contributed by atoms with E-state index in [1.165, 1.54) is 0 Å². The summed E-state index contributed by atoms with van der Waals surface area (Å²) in [5.41, 5.74) is 0.879. The minimum Gasteiger partial charge on any atom is -0.507 e. The third-order valence-corrected chi connectivity index (χ3v) is 4.24. The van der Waals surface area contributed by atoms with E-state index in [0.717, 1.165) is 27.1 Å². The Labute approximate surface area is 126 Å². The molecule has 0 aliphatic heterocycles. The second-order valence-corrected chi connectivity index (χ2v) is 5.65. The van der Waals surface area contributed by atoms with Crippen LogP contribution in [0, 0.1) is 0 Å². The first-order valence-electron chi connectivity index (χ1n) is 6.55. The van der Waals surface area contributed by atoms with E-state index in [2.05, 4.69) is 5.16 Å². The van der Waals surface area contributed by atoms with E-state index in [1.54, 1.807) is 24.9 Å². The Morgan fingerprint density at radius 1 is 1.19 bits per heavy atom. The van der Waals surface area contributed by atoms with Crippen molar-refractivity contribution in [3.8, 4) is 5.75 Å². The highest BCUT2D eigenvalue weighted by molar-refractivity contribution is 7.98. The second-order valence-electron chi connectivity index (χ2n) is 4.63. The molecule has 0 bridgehead atoms. The van der Waals surface area contributed by atoms with Crippen LogP contribution in [-0.4, -0.2) is 17.4 Å². The lowest BCUT2D eigenvalue weighted by Crippen LogP contribution is -1.83. The van der Waals surface area contributed by atoms with Gasteiger partial charge >= 0.3 is 0 Å². The molecule has 5 heteroatoms. The number of ether oxygens (including phenoxy) is 1. The van der Waals surface area contributed by atoms with Crippen LogP contribution in [-0.2, 0) is 17.1 Å². The number of methoxy groups -OCH3 is 1. The van der Waals surface area contributed by atoms with Gasteiger partial charge in [0.15, 0.2) is 5.76 Å². The summed E-state index contributed by atoms with van der Waals surface area (Å²) in [7, 11) is 1.62. The van der Waals surface area contributed by atoms with Crippen LogP contribution in [0.25, 0.3) is 10.8 Å². The minimum atomic E-state index is 0.304. The zero-order valence-corrected chi connectivity index (χ0v) is 12.4. The average Bonchev–Trinajstić information content (AvgIpc) is 2.95. The number of rotatable bonds is 5. The largest absolute Gasteiger partial charge is 0.507 e. The monoisotopic (exact) mass is 301 g/mol. The molecule has 0 unspecified atom stereocenters. The van der Waals surface area contributed by atoms with Crippen molar-refractivity contribution in [1.82, 2.24) is 5.16 Å². The summed E-state index contributed by atoms with van der Waals surface area (Å²) in [6, 6.07) is 13.4. The molecule has 0 spiro atoms. The Hall–Kier alpha value is -1.98. The molecule has 2 aromatic carbocycles. The molecule has 0 aliphatic carbocycles. The molecule has 3 rings (SSSR count). The maximum Gasteiger partial charge on any atom is 0.162 e. The number of hydrogen-bond acceptors (Lipinski definition) is 5.